The van der Waals surface area contributed by atoms with Crippen LogP contribution in [0.15, 0.2) is 42.7 Å². The number of aryl methyl sites for hydroxylation is 2. The van der Waals surface area contributed by atoms with Gasteiger partial charge in [0.1, 0.15) is 30.0 Å². The number of amides is 1. The average Bonchev–Trinajstić information content (AvgIpc) is 3.22. The second kappa shape index (κ2) is 7.19. The number of aromatic nitrogens is 4. The number of ether oxygens (including phenoxy) is 1. The van der Waals surface area contributed by atoms with Crippen LogP contribution in [0.25, 0.3) is 11.1 Å². The zero-order valence-corrected chi connectivity index (χ0v) is 15.3. The Morgan fingerprint density at radius 2 is 2.07 bits per heavy atom. The highest BCUT2D eigenvalue weighted by Gasteiger charge is 2.26. The molecular formula is C20H21N5O2. The van der Waals surface area contributed by atoms with Crippen LogP contribution in [-0.4, -0.2) is 38.3 Å². The van der Waals surface area contributed by atoms with Crippen LogP contribution >= 0.6 is 0 Å². The molecule has 0 bridgehead atoms. The van der Waals surface area contributed by atoms with Crippen molar-refractivity contribution in [2.75, 3.05) is 6.54 Å². The molecule has 0 aliphatic carbocycles. The van der Waals surface area contributed by atoms with Gasteiger partial charge in [-0.15, -0.1) is 0 Å². The van der Waals surface area contributed by atoms with Gasteiger partial charge in [0.25, 0.3) is 0 Å². The Morgan fingerprint density at radius 3 is 2.81 bits per heavy atom. The summed E-state index contributed by atoms with van der Waals surface area (Å²) in [5.41, 5.74) is 3.28. The van der Waals surface area contributed by atoms with Crippen LogP contribution in [0.5, 0.6) is 5.75 Å². The highest BCUT2D eigenvalue weighted by atomic mass is 16.5. The summed E-state index contributed by atoms with van der Waals surface area (Å²) in [5.74, 6) is 2.19. The van der Waals surface area contributed by atoms with E-state index < -0.39 is 0 Å². The van der Waals surface area contributed by atoms with Crippen LogP contribution in [0.2, 0.25) is 0 Å². The molecule has 1 atom stereocenters. The molecule has 1 aliphatic rings. The number of pyridine rings is 1. The van der Waals surface area contributed by atoms with Gasteiger partial charge in [-0.25, -0.2) is 9.67 Å². The van der Waals surface area contributed by atoms with Gasteiger partial charge < -0.3 is 10.1 Å². The molecular weight excluding hydrogens is 342 g/mol. The molecule has 1 unspecified atom stereocenters. The van der Waals surface area contributed by atoms with Gasteiger partial charge in [-0.2, -0.15) is 5.10 Å². The molecule has 2 aromatic heterocycles. The SMILES string of the molecule is Cc1nc(C)n(CC(=O)NCC2Cc3cccc(-c4ccncc4)c3O2)n1. The highest BCUT2D eigenvalue weighted by molar-refractivity contribution is 5.76. The van der Waals surface area contributed by atoms with Crippen molar-refractivity contribution in [1.29, 1.82) is 0 Å². The lowest BCUT2D eigenvalue weighted by atomic mass is 10.0. The van der Waals surface area contributed by atoms with Gasteiger partial charge in [-0.1, -0.05) is 18.2 Å². The molecule has 1 aliphatic heterocycles. The number of carbonyl (C=O) groups is 1. The number of para-hydroxylation sites is 1. The number of nitrogens with zero attached hydrogens (tertiary/aromatic N) is 4. The van der Waals surface area contributed by atoms with E-state index in [-0.39, 0.29) is 18.6 Å². The maximum atomic E-state index is 12.2. The molecule has 7 nitrogen and oxygen atoms in total. The van der Waals surface area contributed by atoms with Gasteiger partial charge in [-0.3, -0.25) is 9.78 Å². The molecule has 1 aromatic carbocycles. The predicted molar refractivity (Wildman–Crippen MR) is 100 cm³/mol. The number of rotatable bonds is 5. The van der Waals surface area contributed by atoms with E-state index in [1.54, 1.807) is 17.1 Å². The maximum Gasteiger partial charge on any atom is 0.241 e. The van der Waals surface area contributed by atoms with E-state index in [1.165, 1.54) is 0 Å². The number of nitrogens with one attached hydrogen (secondary N) is 1. The molecule has 0 fully saturated rings. The number of hydrogen-bond donors (Lipinski definition) is 1. The van der Waals surface area contributed by atoms with Crippen LogP contribution < -0.4 is 10.1 Å². The summed E-state index contributed by atoms with van der Waals surface area (Å²) in [6.07, 6.45) is 4.24. The van der Waals surface area contributed by atoms with Crippen molar-refractivity contribution in [3.63, 3.8) is 0 Å². The quantitative estimate of drug-likeness (QED) is 0.750. The van der Waals surface area contributed by atoms with Gasteiger partial charge >= 0.3 is 0 Å². The first-order valence-corrected chi connectivity index (χ1v) is 8.94. The van der Waals surface area contributed by atoms with E-state index in [0.29, 0.717) is 12.4 Å². The van der Waals surface area contributed by atoms with Crippen LogP contribution in [0.3, 0.4) is 0 Å². The van der Waals surface area contributed by atoms with Gasteiger partial charge in [0.05, 0.1) is 6.54 Å². The van der Waals surface area contributed by atoms with Crippen molar-refractivity contribution >= 4 is 5.91 Å². The van der Waals surface area contributed by atoms with Crippen molar-refractivity contribution in [2.24, 2.45) is 0 Å². The zero-order chi connectivity index (χ0) is 18.8. The summed E-state index contributed by atoms with van der Waals surface area (Å²) in [6, 6.07) is 10.1. The van der Waals surface area contributed by atoms with E-state index in [1.807, 2.05) is 38.1 Å². The van der Waals surface area contributed by atoms with E-state index in [0.717, 1.165) is 34.7 Å². The lowest BCUT2D eigenvalue weighted by molar-refractivity contribution is -0.122. The number of carbonyl (C=O) groups excluding carboxylic acids is 1. The van der Waals surface area contributed by atoms with E-state index in [2.05, 4.69) is 26.4 Å². The Labute approximate surface area is 157 Å². The summed E-state index contributed by atoms with van der Waals surface area (Å²) in [7, 11) is 0. The second-order valence-electron chi connectivity index (χ2n) is 6.64. The summed E-state index contributed by atoms with van der Waals surface area (Å²) in [6.45, 7) is 4.26. The summed E-state index contributed by atoms with van der Waals surface area (Å²) in [4.78, 5) is 20.5. The Bertz CT molecular complexity index is 968. The van der Waals surface area contributed by atoms with Gasteiger partial charge in [0.15, 0.2) is 0 Å². The molecule has 0 radical (unpaired) electrons. The molecule has 4 rings (SSSR count). The third kappa shape index (κ3) is 3.67. The largest absolute Gasteiger partial charge is 0.487 e. The topological polar surface area (TPSA) is 81.9 Å². The Balaban J connectivity index is 1.39. The Hall–Kier alpha value is -3.22. The molecule has 0 spiro atoms. The Morgan fingerprint density at radius 1 is 1.26 bits per heavy atom. The van der Waals surface area contributed by atoms with Crippen molar-refractivity contribution < 1.29 is 9.53 Å². The fourth-order valence-corrected chi connectivity index (χ4v) is 3.34. The van der Waals surface area contributed by atoms with E-state index >= 15 is 0 Å². The minimum atomic E-state index is -0.100. The fourth-order valence-electron chi connectivity index (χ4n) is 3.34. The number of fused-ring (bicyclic) bond motifs is 1. The molecule has 138 valence electrons. The molecule has 0 saturated heterocycles. The lowest BCUT2D eigenvalue weighted by Gasteiger charge is -2.14. The van der Waals surface area contributed by atoms with Crippen LogP contribution in [0.4, 0.5) is 0 Å². The summed E-state index contributed by atoms with van der Waals surface area (Å²) >= 11 is 0. The molecule has 1 amide bonds. The first-order chi connectivity index (χ1) is 13.1. The maximum absolute atomic E-state index is 12.2. The second-order valence-corrected chi connectivity index (χ2v) is 6.64. The summed E-state index contributed by atoms with van der Waals surface area (Å²) < 4.78 is 7.76. The minimum absolute atomic E-state index is 0.0782. The highest BCUT2D eigenvalue weighted by Crippen LogP contribution is 2.38. The fraction of sp³-hybridized carbons (Fsp3) is 0.300. The van der Waals surface area contributed by atoms with Crippen molar-refractivity contribution in [3.05, 3.63) is 59.9 Å². The third-order valence-electron chi connectivity index (χ3n) is 4.60. The minimum Gasteiger partial charge on any atom is -0.487 e. The number of hydrogen-bond acceptors (Lipinski definition) is 5. The number of benzene rings is 1. The normalized spacial score (nSPS) is 15.3. The summed E-state index contributed by atoms with van der Waals surface area (Å²) in [5, 5.41) is 7.16. The predicted octanol–water partition coefficient (Wildman–Crippen LogP) is 2.08. The lowest BCUT2D eigenvalue weighted by Crippen LogP contribution is -2.36. The van der Waals surface area contributed by atoms with Crippen LogP contribution in [0.1, 0.15) is 17.2 Å². The smallest absolute Gasteiger partial charge is 0.241 e. The van der Waals surface area contributed by atoms with Crippen LogP contribution in [-0.2, 0) is 17.8 Å². The van der Waals surface area contributed by atoms with Crippen LogP contribution in [0, 0.1) is 13.8 Å². The van der Waals surface area contributed by atoms with Gasteiger partial charge in [0.2, 0.25) is 5.91 Å². The third-order valence-corrected chi connectivity index (χ3v) is 4.60. The molecule has 7 heteroatoms. The van der Waals surface area contributed by atoms with Gasteiger partial charge in [0, 0.05) is 24.4 Å². The molecule has 0 saturated carbocycles. The standard InChI is InChI=1S/C20H21N5O2/c1-13-23-14(2)25(24-13)12-19(26)22-11-17-10-16-4-3-5-18(20(16)27-17)15-6-8-21-9-7-15/h3-9,17H,10-12H2,1-2H3,(H,22,26). The first-order valence-electron chi connectivity index (χ1n) is 8.94. The monoisotopic (exact) mass is 363 g/mol. The Kier molecular flexibility index (Phi) is 4.58. The average molecular weight is 363 g/mol. The first kappa shape index (κ1) is 17.2. The van der Waals surface area contributed by atoms with Gasteiger partial charge in [-0.05, 0) is 37.1 Å². The van der Waals surface area contributed by atoms with Crippen molar-refractivity contribution in [2.45, 2.75) is 32.9 Å². The molecule has 3 heterocycles. The van der Waals surface area contributed by atoms with E-state index in [9.17, 15) is 4.79 Å². The molecule has 3 aromatic rings. The zero-order valence-electron chi connectivity index (χ0n) is 15.3. The van der Waals surface area contributed by atoms with E-state index in [4.69, 9.17) is 4.74 Å². The molecule has 27 heavy (non-hydrogen) atoms. The van der Waals surface area contributed by atoms with Crippen molar-refractivity contribution in [3.8, 4) is 16.9 Å². The van der Waals surface area contributed by atoms with Crippen molar-refractivity contribution in [1.82, 2.24) is 25.1 Å². The molecule has 1 N–H and O–H groups in total.